The summed E-state index contributed by atoms with van der Waals surface area (Å²) >= 11 is 0. The number of benzene rings is 1. The molecule has 1 saturated carbocycles. The molecule has 0 unspecified atom stereocenters. The lowest BCUT2D eigenvalue weighted by Gasteiger charge is -2.05. The van der Waals surface area contributed by atoms with E-state index in [0.717, 1.165) is 11.4 Å². The van der Waals surface area contributed by atoms with E-state index >= 15 is 0 Å². The van der Waals surface area contributed by atoms with Gasteiger partial charge in [0.05, 0.1) is 28.7 Å². The van der Waals surface area contributed by atoms with Gasteiger partial charge in [0.15, 0.2) is 0 Å². The fourth-order valence-corrected chi connectivity index (χ4v) is 1.90. The van der Waals surface area contributed by atoms with Gasteiger partial charge < -0.3 is 5.73 Å². The molecule has 1 heterocycles. The van der Waals surface area contributed by atoms with Crippen LogP contribution in [0.15, 0.2) is 30.5 Å². The SMILES string of the molecule is N#Cc1ccc(-n2ccc(C3CC3)n2)c(N)c1. The van der Waals surface area contributed by atoms with E-state index in [1.807, 2.05) is 18.3 Å². The van der Waals surface area contributed by atoms with Gasteiger partial charge in [-0.3, -0.25) is 0 Å². The summed E-state index contributed by atoms with van der Waals surface area (Å²) in [5.74, 6) is 0.635. The molecule has 4 heteroatoms. The van der Waals surface area contributed by atoms with E-state index in [4.69, 9.17) is 11.0 Å². The predicted molar refractivity (Wildman–Crippen MR) is 64.7 cm³/mol. The molecular weight excluding hydrogens is 212 g/mol. The van der Waals surface area contributed by atoms with Gasteiger partial charge in [0.25, 0.3) is 0 Å². The normalized spacial score (nSPS) is 14.5. The monoisotopic (exact) mass is 224 g/mol. The van der Waals surface area contributed by atoms with Crippen molar-refractivity contribution in [3.8, 4) is 11.8 Å². The third-order valence-corrected chi connectivity index (χ3v) is 3.01. The van der Waals surface area contributed by atoms with Crippen molar-refractivity contribution in [3.63, 3.8) is 0 Å². The average Bonchev–Trinajstić information content (AvgIpc) is 3.08. The lowest BCUT2D eigenvalue weighted by atomic mass is 10.2. The van der Waals surface area contributed by atoms with Crippen LogP contribution in [0.1, 0.15) is 30.0 Å². The molecule has 1 aromatic heterocycles. The minimum atomic E-state index is 0.570. The maximum absolute atomic E-state index is 8.78. The first-order valence-corrected chi connectivity index (χ1v) is 5.63. The molecule has 0 atom stereocenters. The second-order valence-electron chi connectivity index (χ2n) is 4.34. The molecule has 1 aromatic carbocycles. The van der Waals surface area contributed by atoms with Gasteiger partial charge in [0, 0.05) is 12.1 Å². The van der Waals surface area contributed by atoms with Crippen LogP contribution in [0.3, 0.4) is 0 Å². The van der Waals surface area contributed by atoms with Crippen molar-refractivity contribution < 1.29 is 0 Å². The van der Waals surface area contributed by atoms with Crippen LogP contribution in [0.4, 0.5) is 5.69 Å². The Morgan fingerprint density at radius 3 is 2.82 bits per heavy atom. The van der Waals surface area contributed by atoms with Gasteiger partial charge in [-0.25, -0.2) is 4.68 Å². The van der Waals surface area contributed by atoms with E-state index in [0.29, 0.717) is 17.2 Å². The Bertz CT molecular complexity index is 602. The predicted octanol–water partition coefficient (Wildman–Crippen LogP) is 2.20. The van der Waals surface area contributed by atoms with E-state index in [9.17, 15) is 0 Å². The Morgan fingerprint density at radius 2 is 2.18 bits per heavy atom. The number of nitrogens with zero attached hydrogens (tertiary/aromatic N) is 3. The number of hydrogen-bond acceptors (Lipinski definition) is 3. The van der Waals surface area contributed by atoms with Gasteiger partial charge in [0.1, 0.15) is 0 Å². The highest BCUT2D eigenvalue weighted by molar-refractivity contribution is 5.60. The minimum Gasteiger partial charge on any atom is -0.397 e. The summed E-state index contributed by atoms with van der Waals surface area (Å²) in [6, 6.07) is 9.37. The quantitative estimate of drug-likeness (QED) is 0.795. The summed E-state index contributed by atoms with van der Waals surface area (Å²) in [4.78, 5) is 0. The molecule has 0 bridgehead atoms. The summed E-state index contributed by atoms with van der Waals surface area (Å²) in [7, 11) is 0. The molecule has 84 valence electrons. The number of nitrogen functional groups attached to an aromatic ring is 1. The van der Waals surface area contributed by atoms with Gasteiger partial charge >= 0.3 is 0 Å². The van der Waals surface area contributed by atoms with E-state index in [1.54, 1.807) is 16.8 Å². The van der Waals surface area contributed by atoms with Gasteiger partial charge in [-0.2, -0.15) is 10.4 Å². The molecule has 17 heavy (non-hydrogen) atoms. The average molecular weight is 224 g/mol. The van der Waals surface area contributed by atoms with Gasteiger partial charge in [-0.05, 0) is 37.1 Å². The number of anilines is 1. The van der Waals surface area contributed by atoms with Crippen LogP contribution in [0.25, 0.3) is 5.69 Å². The second kappa shape index (κ2) is 3.63. The molecule has 0 saturated heterocycles. The van der Waals surface area contributed by atoms with Crippen LogP contribution in [-0.2, 0) is 0 Å². The second-order valence-corrected chi connectivity index (χ2v) is 4.34. The van der Waals surface area contributed by atoms with Gasteiger partial charge in [-0.1, -0.05) is 0 Å². The smallest absolute Gasteiger partial charge is 0.0992 e. The zero-order valence-corrected chi connectivity index (χ0v) is 9.30. The van der Waals surface area contributed by atoms with Crippen molar-refractivity contribution >= 4 is 5.69 Å². The molecule has 0 aliphatic heterocycles. The Morgan fingerprint density at radius 1 is 1.35 bits per heavy atom. The highest BCUT2D eigenvalue weighted by Gasteiger charge is 2.25. The molecule has 3 rings (SSSR count). The highest BCUT2D eigenvalue weighted by atomic mass is 15.3. The number of nitrogens with two attached hydrogens (primary N) is 1. The topological polar surface area (TPSA) is 67.6 Å². The molecule has 1 aliphatic rings. The standard InChI is InChI=1S/C13H12N4/c14-8-9-1-4-13(11(15)7-9)17-6-5-12(16-17)10-2-3-10/h1,4-7,10H,2-3,15H2. The number of aromatic nitrogens is 2. The van der Waals surface area contributed by atoms with Crippen molar-refractivity contribution in [3.05, 3.63) is 41.7 Å². The first-order valence-electron chi connectivity index (χ1n) is 5.63. The molecule has 4 nitrogen and oxygen atoms in total. The fourth-order valence-electron chi connectivity index (χ4n) is 1.90. The van der Waals surface area contributed by atoms with Gasteiger partial charge in [0.2, 0.25) is 0 Å². The van der Waals surface area contributed by atoms with Crippen molar-refractivity contribution in [1.29, 1.82) is 5.26 Å². The van der Waals surface area contributed by atoms with E-state index < -0.39 is 0 Å². The molecule has 1 aliphatic carbocycles. The summed E-state index contributed by atoms with van der Waals surface area (Å²) in [5.41, 5.74) is 9.03. The van der Waals surface area contributed by atoms with E-state index in [-0.39, 0.29) is 0 Å². The van der Waals surface area contributed by atoms with Crippen LogP contribution in [0.5, 0.6) is 0 Å². The Balaban J connectivity index is 1.99. The highest BCUT2D eigenvalue weighted by Crippen LogP contribution is 2.39. The number of nitriles is 1. The Hall–Kier alpha value is -2.28. The number of rotatable bonds is 2. The van der Waals surface area contributed by atoms with Crippen LogP contribution in [-0.4, -0.2) is 9.78 Å². The lowest BCUT2D eigenvalue weighted by molar-refractivity contribution is 0.839. The molecule has 1 fully saturated rings. The van der Waals surface area contributed by atoms with Crippen LogP contribution >= 0.6 is 0 Å². The van der Waals surface area contributed by atoms with Crippen molar-refractivity contribution in [2.24, 2.45) is 0 Å². The van der Waals surface area contributed by atoms with Crippen molar-refractivity contribution in [1.82, 2.24) is 9.78 Å². The fraction of sp³-hybridized carbons (Fsp3) is 0.231. The molecular formula is C13H12N4. The summed E-state index contributed by atoms with van der Waals surface area (Å²) in [6.45, 7) is 0. The number of hydrogen-bond donors (Lipinski definition) is 1. The first-order chi connectivity index (χ1) is 8.28. The van der Waals surface area contributed by atoms with E-state index in [2.05, 4.69) is 11.2 Å². The Labute approximate surface area is 99.3 Å². The summed E-state index contributed by atoms with van der Waals surface area (Å²) in [6.07, 6.45) is 4.39. The zero-order chi connectivity index (χ0) is 11.8. The third kappa shape index (κ3) is 1.76. The minimum absolute atomic E-state index is 0.570. The Kier molecular flexibility index (Phi) is 2.12. The summed E-state index contributed by atoms with van der Waals surface area (Å²) < 4.78 is 1.78. The van der Waals surface area contributed by atoms with Crippen LogP contribution in [0, 0.1) is 11.3 Å². The van der Waals surface area contributed by atoms with E-state index in [1.165, 1.54) is 12.8 Å². The van der Waals surface area contributed by atoms with Gasteiger partial charge in [-0.15, -0.1) is 0 Å². The van der Waals surface area contributed by atoms with Crippen molar-refractivity contribution in [2.75, 3.05) is 5.73 Å². The largest absolute Gasteiger partial charge is 0.397 e. The maximum atomic E-state index is 8.78. The zero-order valence-electron chi connectivity index (χ0n) is 9.30. The van der Waals surface area contributed by atoms with Crippen LogP contribution in [0.2, 0.25) is 0 Å². The lowest BCUT2D eigenvalue weighted by Crippen LogP contribution is -2.01. The maximum Gasteiger partial charge on any atom is 0.0992 e. The third-order valence-electron chi connectivity index (χ3n) is 3.01. The molecule has 2 aromatic rings. The van der Waals surface area contributed by atoms with Crippen LogP contribution < -0.4 is 5.73 Å². The first kappa shape index (κ1) is 9.91. The van der Waals surface area contributed by atoms with Crippen molar-refractivity contribution in [2.45, 2.75) is 18.8 Å². The molecule has 0 spiro atoms. The molecule has 2 N–H and O–H groups in total. The summed E-state index contributed by atoms with van der Waals surface area (Å²) in [5, 5.41) is 13.3. The molecule has 0 amide bonds. The molecule has 0 radical (unpaired) electrons.